The maximum atomic E-state index is 5.51. The normalized spacial score (nSPS) is 19.4. The third kappa shape index (κ3) is 6.17. The van der Waals surface area contributed by atoms with Crippen LogP contribution in [0.1, 0.15) is 46.0 Å². The van der Waals surface area contributed by atoms with Crippen molar-refractivity contribution in [2.24, 2.45) is 10.8 Å². The maximum absolute atomic E-state index is 5.51. The van der Waals surface area contributed by atoms with Gasteiger partial charge in [-0.1, -0.05) is 19.8 Å². The topological polar surface area (TPSA) is 62.4 Å². The maximum Gasteiger partial charge on any atom is 0.206 e. The molecule has 0 aromatic carbocycles. The Bertz CT molecular complexity index is 227. The van der Waals surface area contributed by atoms with Crippen LogP contribution in [-0.4, -0.2) is 29.5 Å². The van der Waals surface area contributed by atoms with Crippen molar-refractivity contribution < 1.29 is 0 Å². The lowest BCUT2D eigenvalue weighted by molar-refractivity contribution is 0.616. The molecule has 0 saturated heterocycles. The van der Waals surface area contributed by atoms with E-state index in [1.807, 2.05) is 11.8 Å². The molecule has 1 atom stereocenters. The van der Waals surface area contributed by atoms with Crippen LogP contribution in [0, 0.1) is 0 Å². The molecule has 100 valence electrons. The first kappa shape index (κ1) is 14.6. The molecule has 1 rings (SSSR count). The van der Waals surface area contributed by atoms with Crippen molar-refractivity contribution in [2.45, 2.75) is 58.0 Å². The summed E-state index contributed by atoms with van der Waals surface area (Å²) in [5.41, 5.74) is 2.68. The summed E-state index contributed by atoms with van der Waals surface area (Å²) in [5.74, 6) is 8.63. The predicted molar refractivity (Wildman–Crippen MR) is 77.2 cm³/mol. The average Bonchev–Trinajstić information content (AvgIpc) is 2.81. The van der Waals surface area contributed by atoms with E-state index < -0.39 is 0 Å². The first-order valence-electron chi connectivity index (χ1n) is 6.65. The lowest BCUT2D eigenvalue weighted by Crippen LogP contribution is -2.46. The van der Waals surface area contributed by atoms with Crippen molar-refractivity contribution in [3.05, 3.63) is 0 Å². The van der Waals surface area contributed by atoms with Gasteiger partial charge in [-0.2, -0.15) is 11.8 Å². The van der Waals surface area contributed by atoms with Gasteiger partial charge < -0.3 is 5.32 Å². The lowest BCUT2D eigenvalue weighted by Gasteiger charge is -2.17. The van der Waals surface area contributed by atoms with E-state index in [9.17, 15) is 0 Å². The Labute approximate surface area is 109 Å². The zero-order chi connectivity index (χ0) is 12.5. The SMILES string of the molecule is CCSCCC(C)NC(=NC1CCCC1)NN. The fourth-order valence-corrected chi connectivity index (χ4v) is 2.85. The Hall–Kier alpha value is -0.420. The van der Waals surface area contributed by atoms with Gasteiger partial charge in [0.05, 0.1) is 6.04 Å². The number of nitrogens with zero attached hydrogens (tertiary/aromatic N) is 1. The first-order valence-corrected chi connectivity index (χ1v) is 7.80. The van der Waals surface area contributed by atoms with E-state index in [2.05, 4.69) is 29.6 Å². The van der Waals surface area contributed by atoms with Gasteiger partial charge in [0.2, 0.25) is 5.96 Å². The minimum atomic E-state index is 0.422. The standard InChI is InChI=1S/C12H26N4S/c1-3-17-9-8-10(2)14-12(16-13)15-11-6-4-5-7-11/h10-11H,3-9,13H2,1-2H3,(H2,14,15,16). The molecule has 0 spiro atoms. The molecule has 0 bridgehead atoms. The van der Waals surface area contributed by atoms with E-state index in [0.717, 1.165) is 12.4 Å². The number of rotatable bonds is 6. The molecule has 0 amide bonds. The number of hydrogen-bond acceptors (Lipinski definition) is 3. The molecule has 0 aromatic heterocycles. The molecular formula is C12H26N4S. The molecule has 1 fully saturated rings. The number of aliphatic imine (C=N–C) groups is 1. The molecular weight excluding hydrogens is 232 g/mol. The number of nitrogens with two attached hydrogens (primary N) is 1. The second-order valence-electron chi connectivity index (χ2n) is 4.59. The Balaban J connectivity index is 2.29. The van der Waals surface area contributed by atoms with Crippen LogP contribution in [0.3, 0.4) is 0 Å². The van der Waals surface area contributed by atoms with Crippen LogP contribution in [0.15, 0.2) is 4.99 Å². The summed E-state index contributed by atoms with van der Waals surface area (Å²) >= 11 is 1.97. The van der Waals surface area contributed by atoms with E-state index in [1.165, 1.54) is 37.2 Å². The molecule has 0 aromatic rings. The summed E-state index contributed by atoms with van der Waals surface area (Å²) in [6.45, 7) is 4.37. The number of thioether (sulfide) groups is 1. The van der Waals surface area contributed by atoms with Crippen molar-refractivity contribution in [3.63, 3.8) is 0 Å². The summed E-state index contributed by atoms with van der Waals surface area (Å²) in [6, 6.07) is 0.885. The van der Waals surface area contributed by atoms with E-state index in [4.69, 9.17) is 5.84 Å². The van der Waals surface area contributed by atoms with Gasteiger partial charge in [-0.25, -0.2) is 10.8 Å². The fraction of sp³-hybridized carbons (Fsp3) is 0.917. The smallest absolute Gasteiger partial charge is 0.206 e. The largest absolute Gasteiger partial charge is 0.353 e. The molecule has 1 aliphatic rings. The van der Waals surface area contributed by atoms with Crippen molar-refractivity contribution >= 4 is 17.7 Å². The van der Waals surface area contributed by atoms with Crippen LogP contribution in [0.25, 0.3) is 0 Å². The molecule has 4 N–H and O–H groups in total. The van der Waals surface area contributed by atoms with Crippen molar-refractivity contribution in [1.29, 1.82) is 0 Å². The highest BCUT2D eigenvalue weighted by atomic mass is 32.2. The number of hydrogen-bond donors (Lipinski definition) is 3. The summed E-state index contributed by atoms with van der Waals surface area (Å²) < 4.78 is 0. The third-order valence-corrected chi connectivity index (χ3v) is 3.99. The zero-order valence-electron chi connectivity index (χ0n) is 11.0. The van der Waals surface area contributed by atoms with E-state index >= 15 is 0 Å². The van der Waals surface area contributed by atoms with Crippen LogP contribution < -0.4 is 16.6 Å². The molecule has 4 nitrogen and oxygen atoms in total. The minimum absolute atomic E-state index is 0.422. The highest BCUT2D eigenvalue weighted by Gasteiger charge is 2.15. The van der Waals surface area contributed by atoms with Gasteiger partial charge in [-0.15, -0.1) is 0 Å². The van der Waals surface area contributed by atoms with E-state index in [-0.39, 0.29) is 0 Å². The molecule has 0 aliphatic heterocycles. The van der Waals surface area contributed by atoms with Crippen LogP contribution in [0.2, 0.25) is 0 Å². The van der Waals surface area contributed by atoms with Gasteiger partial charge in [-0.05, 0) is 37.7 Å². The van der Waals surface area contributed by atoms with Crippen molar-refractivity contribution in [2.75, 3.05) is 11.5 Å². The van der Waals surface area contributed by atoms with Gasteiger partial charge in [0, 0.05) is 6.04 Å². The second kappa shape index (κ2) is 8.64. The highest BCUT2D eigenvalue weighted by Crippen LogP contribution is 2.20. The summed E-state index contributed by atoms with van der Waals surface area (Å²) in [7, 11) is 0. The molecule has 5 heteroatoms. The molecule has 1 saturated carbocycles. The lowest BCUT2D eigenvalue weighted by atomic mass is 10.2. The van der Waals surface area contributed by atoms with Gasteiger partial charge in [0.25, 0.3) is 0 Å². The fourth-order valence-electron chi connectivity index (χ4n) is 2.04. The van der Waals surface area contributed by atoms with Crippen molar-refractivity contribution in [1.82, 2.24) is 10.7 Å². The minimum Gasteiger partial charge on any atom is -0.353 e. The monoisotopic (exact) mass is 258 g/mol. The molecule has 0 radical (unpaired) electrons. The van der Waals surface area contributed by atoms with Gasteiger partial charge in [0.15, 0.2) is 0 Å². The second-order valence-corrected chi connectivity index (χ2v) is 5.99. The third-order valence-electron chi connectivity index (χ3n) is 3.06. The Morgan fingerprint density at radius 1 is 1.47 bits per heavy atom. The van der Waals surface area contributed by atoms with Gasteiger partial charge in [0.1, 0.15) is 0 Å². The average molecular weight is 258 g/mol. The zero-order valence-corrected chi connectivity index (χ0v) is 11.9. The summed E-state index contributed by atoms with van der Waals surface area (Å²) in [4.78, 5) is 4.62. The summed E-state index contributed by atoms with van der Waals surface area (Å²) in [5, 5.41) is 3.35. The Morgan fingerprint density at radius 2 is 2.18 bits per heavy atom. The highest BCUT2D eigenvalue weighted by molar-refractivity contribution is 7.99. The van der Waals surface area contributed by atoms with Crippen molar-refractivity contribution in [3.8, 4) is 0 Å². The number of guanidine groups is 1. The number of hydrazine groups is 1. The van der Waals surface area contributed by atoms with Gasteiger partial charge in [-0.3, -0.25) is 5.43 Å². The van der Waals surface area contributed by atoms with E-state index in [0.29, 0.717) is 12.1 Å². The quantitative estimate of drug-likeness (QED) is 0.224. The van der Waals surface area contributed by atoms with Crippen LogP contribution >= 0.6 is 11.8 Å². The van der Waals surface area contributed by atoms with Crippen LogP contribution in [0.5, 0.6) is 0 Å². The Kier molecular flexibility index (Phi) is 7.44. The molecule has 1 unspecified atom stereocenters. The molecule has 1 aliphatic carbocycles. The molecule has 17 heavy (non-hydrogen) atoms. The Morgan fingerprint density at radius 3 is 2.76 bits per heavy atom. The van der Waals surface area contributed by atoms with Crippen LogP contribution in [-0.2, 0) is 0 Å². The van der Waals surface area contributed by atoms with Crippen LogP contribution in [0.4, 0.5) is 0 Å². The number of nitrogens with one attached hydrogen (secondary N) is 2. The molecule has 0 heterocycles. The predicted octanol–water partition coefficient (Wildman–Crippen LogP) is 1.87. The first-order chi connectivity index (χ1) is 8.26. The van der Waals surface area contributed by atoms with E-state index in [1.54, 1.807) is 0 Å². The van der Waals surface area contributed by atoms with Gasteiger partial charge >= 0.3 is 0 Å². The summed E-state index contributed by atoms with van der Waals surface area (Å²) in [6.07, 6.45) is 6.15.